The molecule has 0 radical (unpaired) electrons. The Hall–Kier alpha value is -2.46. The van der Waals surface area contributed by atoms with E-state index in [0.29, 0.717) is 0 Å². The van der Waals surface area contributed by atoms with Gasteiger partial charge in [-0.05, 0) is 41.1 Å². The van der Waals surface area contributed by atoms with Crippen molar-refractivity contribution in [2.75, 3.05) is 5.32 Å². The average Bonchev–Trinajstić information content (AvgIpc) is 2.98. The van der Waals surface area contributed by atoms with Crippen LogP contribution in [0.1, 0.15) is 4.88 Å². The first-order chi connectivity index (χ1) is 9.81. The standard InChI is InChI=1S/C16H12N2OS/c19-16(6-5-15-2-1-9-20-15)18-14-4-3-13-11-17-8-7-12(13)10-14/h1-11H,(H,18,19)/b6-5+. The zero-order valence-corrected chi connectivity index (χ0v) is 11.4. The number of benzene rings is 1. The molecule has 0 spiro atoms. The summed E-state index contributed by atoms with van der Waals surface area (Å²) in [5.41, 5.74) is 0.782. The first-order valence-electron chi connectivity index (χ1n) is 6.18. The third-order valence-electron chi connectivity index (χ3n) is 2.85. The first kappa shape index (κ1) is 12.6. The Kier molecular flexibility index (Phi) is 3.56. The van der Waals surface area contributed by atoms with Crippen LogP contribution >= 0.6 is 11.3 Å². The van der Waals surface area contributed by atoms with E-state index in [-0.39, 0.29) is 5.91 Å². The first-order valence-corrected chi connectivity index (χ1v) is 7.05. The van der Waals surface area contributed by atoms with E-state index in [0.717, 1.165) is 21.3 Å². The van der Waals surface area contributed by atoms with Crippen molar-refractivity contribution in [1.82, 2.24) is 4.98 Å². The molecule has 0 atom stereocenters. The summed E-state index contributed by atoms with van der Waals surface area (Å²) in [6.07, 6.45) is 6.90. The summed E-state index contributed by atoms with van der Waals surface area (Å²) in [6.45, 7) is 0. The average molecular weight is 280 g/mol. The number of carbonyl (C=O) groups is 1. The Balaban J connectivity index is 1.74. The topological polar surface area (TPSA) is 42.0 Å². The smallest absolute Gasteiger partial charge is 0.248 e. The van der Waals surface area contributed by atoms with E-state index >= 15 is 0 Å². The minimum atomic E-state index is -0.133. The quantitative estimate of drug-likeness (QED) is 0.738. The molecule has 2 heterocycles. The molecule has 0 bridgehead atoms. The van der Waals surface area contributed by atoms with E-state index < -0.39 is 0 Å². The van der Waals surface area contributed by atoms with Gasteiger partial charge in [0.05, 0.1) is 0 Å². The van der Waals surface area contributed by atoms with Crippen LogP contribution < -0.4 is 5.32 Å². The molecule has 3 nitrogen and oxygen atoms in total. The lowest BCUT2D eigenvalue weighted by molar-refractivity contribution is -0.111. The molecule has 0 unspecified atom stereocenters. The number of anilines is 1. The number of thiophene rings is 1. The highest BCUT2D eigenvalue weighted by molar-refractivity contribution is 7.10. The van der Waals surface area contributed by atoms with Gasteiger partial charge in [0.1, 0.15) is 0 Å². The summed E-state index contributed by atoms with van der Waals surface area (Å²) in [4.78, 5) is 17.0. The fraction of sp³-hybridized carbons (Fsp3) is 0. The van der Waals surface area contributed by atoms with Gasteiger partial charge in [0, 0.05) is 34.4 Å². The van der Waals surface area contributed by atoms with Crippen molar-refractivity contribution in [2.24, 2.45) is 0 Å². The van der Waals surface area contributed by atoms with Crippen molar-refractivity contribution in [2.45, 2.75) is 0 Å². The molecule has 0 saturated carbocycles. The minimum Gasteiger partial charge on any atom is -0.322 e. The number of hydrogen-bond acceptors (Lipinski definition) is 3. The molecular weight excluding hydrogens is 268 g/mol. The van der Waals surface area contributed by atoms with E-state index in [1.165, 1.54) is 0 Å². The molecule has 0 aliphatic heterocycles. The van der Waals surface area contributed by atoms with E-state index in [4.69, 9.17) is 0 Å². The van der Waals surface area contributed by atoms with Crippen LogP contribution in [0.5, 0.6) is 0 Å². The molecule has 4 heteroatoms. The Bertz CT molecular complexity index is 763. The maximum atomic E-state index is 11.8. The predicted molar refractivity (Wildman–Crippen MR) is 83.7 cm³/mol. The van der Waals surface area contributed by atoms with Gasteiger partial charge in [0.2, 0.25) is 5.91 Å². The molecule has 1 aromatic carbocycles. The number of pyridine rings is 1. The normalized spacial score (nSPS) is 11.0. The predicted octanol–water partition coefficient (Wildman–Crippen LogP) is 3.95. The highest BCUT2D eigenvalue weighted by Crippen LogP contribution is 2.18. The number of fused-ring (bicyclic) bond motifs is 1. The second-order valence-electron chi connectivity index (χ2n) is 4.28. The van der Waals surface area contributed by atoms with Gasteiger partial charge in [-0.1, -0.05) is 12.1 Å². The van der Waals surface area contributed by atoms with Gasteiger partial charge in [0.25, 0.3) is 0 Å². The maximum Gasteiger partial charge on any atom is 0.248 e. The molecule has 20 heavy (non-hydrogen) atoms. The van der Waals surface area contributed by atoms with Gasteiger partial charge in [0.15, 0.2) is 0 Å². The van der Waals surface area contributed by atoms with Crippen LogP contribution in [-0.2, 0) is 4.79 Å². The fourth-order valence-corrected chi connectivity index (χ4v) is 2.51. The minimum absolute atomic E-state index is 0.133. The molecule has 1 N–H and O–H groups in total. The van der Waals surface area contributed by atoms with Crippen LogP contribution in [0.25, 0.3) is 16.8 Å². The fourth-order valence-electron chi connectivity index (χ4n) is 1.89. The maximum absolute atomic E-state index is 11.8. The lowest BCUT2D eigenvalue weighted by Gasteiger charge is -2.03. The molecule has 0 saturated heterocycles. The Morgan fingerprint density at radius 1 is 1.20 bits per heavy atom. The second-order valence-corrected chi connectivity index (χ2v) is 5.25. The van der Waals surface area contributed by atoms with E-state index in [1.54, 1.807) is 29.8 Å². The van der Waals surface area contributed by atoms with Gasteiger partial charge >= 0.3 is 0 Å². The molecule has 0 aliphatic carbocycles. The highest BCUT2D eigenvalue weighted by atomic mass is 32.1. The van der Waals surface area contributed by atoms with Crippen molar-refractivity contribution in [1.29, 1.82) is 0 Å². The number of aromatic nitrogens is 1. The number of carbonyl (C=O) groups excluding carboxylic acids is 1. The number of rotatable bonds is 3. The highest BCUT2D eigenvalue weighted by Gasteiger charge is 2.00. The number of nitrogens with one attached hydrogen (secondary N) is 1. The summed E-state index contributed by atoms with van der Waals surface area (Å²) in [5, 5.41) is 6.95. The molecule has 98 valence electrons. The van der Waals surface area contributed by atoms with Crippen LogP contribution in [0.15, 0.2) is 60.2 Å². The summed E-state index contributed by atoms with van der Waals surface area (Å²) >= 11 is 1.60. The second kappa shape index (κ2) is 5.67. The van der Waals surface area contributed by atoms with Crippen molar-refractivity contribution in [3.8, 4) is 0 Å². The molecular formula is C16H12N2OS. The Morgan fingerprint density at radius 3 is 3.00 bits per heavy atom. The molecule has 3 aromatic rings. The van der Waals surface area contributed by atoms with Gasteiger partial charge in [-0.25, -0.2) is 0 Å². The summed E-state index contributed by atoms with van der Waals surface area (Å²) in [7, 11) is 0. The number of amides is 1. The number of hydrogen-bond donors (Lipinski definition) is 1. The lowest BCUT2D eigenvalue weighted by atomic mass is 10.1. The van der Waals surface area contributed by atoms with Crippen LogP contribution in [0.4, 0.5) is 5.69 Å². The monoisotopic (exact) mass is 280 g/mol. The van der Waals surface area contributed by atoms with Crippen LogP contribution in [0.2, 0.25) is 0 Å². The van der Waals surface area contributed by atoms with Crippen LogP contribution in [-0.4, -0.2) is 10.9 Å². The lowest BCUT2D eigenvalue weighted by Crippen LogP contribution is -2.07. The number of nitrogens with zero attached hydrogens (tertiary/aromatic N) is 1. The van der Waals surface area contributed by atoms with Crippen molar-refractivity contribution in [3.63, 3.8) is 0 Å². The van der Waals surface area contributed by atoms with E-state index in [1.807, 2.05) is 47.9 Å². The third-order valence-corrected chi connectivity index (χ3v) is 3.69. The van der Waals surface area contributed by atoms with Gasteiger partial charge < -0.3 is 5.32 Å². The summed E-state index contributed by atoms with van der Waals surface area (Å²) < 4.78 is 0. The van der Waals surface area contributed by atoms with Gasteiger partial charge in [-0.15, -0.1) is 11.3 Å². The van der Waals surface area contributed by atoms with E-state index in [9.17, 15) is 4.79 Å². The molecule has 3 rings (SSSR count). The summed E-state index contributed by atoms with van der Waals surface area (Å²) in [5.74, 6) is -0.133. The third kappa shape index (κ3) is 2.92. The van der Waals surface area contributed by atoms with Crippen LogP contribution in [0, 0.1) is 0 Å². The van der Waals surface area contributed by atoms with Crippen molar-refractivity contribution >= 4 is 39.8 Å². The SMILES string of the molecule is O=C(/C=C/c1cccs1)Nc1ccc2cnccc2c1. The van der Waals surface area contributed by atoms with Crippen LogP contribution in [0.3, 0.4) is 0 Å². The zero-order chi connectivity index (χ0) is 13.8. The van der Waals surface area contributed by atoms with Gasteiger partial charge in [-0.2, -0.15) is 0 Å². The summed E-state index contributed by atoms with van der Waals surface area (Å²) in [6, 6.07) is 11.6. The zero-order valence-electron chi connectivity index (χ0n) is 10.6. The van der Waals surface area contributed by atoms with Crippen molar-refractivity contribution in [3.05, 3.63) is 65.1 Å². The Morgan fingerprint density at radius 2 is 2.15 bits per heavy atom. The Labute approximate surface area is 120 Å². The molecule has 0 aliphatic rings. The largest absolute Gasteiger partial charge is 0.322 e. The van der Waals surface area contributed by atoms with E-state index in [2.05, 4.69) is 10.3 Å². The van der Waals surface area contributed by atoms with Crippen molar-refractivity contribution < 1.29 is 4.79 Å². The molecule has 1 amide bonds. The molecule has 0 fully saturated rings. The van der Waals surface area contributed by atoms with Gasteiger partial charge in [-0.3, -0.25) is 9.78 Å². The molecule has 2 aromatic heterocycles.